The average Bonchev–Trinajstić information content (AvgIpc) is 2.66. The van der Waals surface area contributed by atoms with E-state index in [0.29, 0.717) is 10.0 Å². The molecule has 0 N–H and O–H groups in total. The van der Waals surface area contributed by atoms with Crippen LogP contribution in [-0.2, 0) is 21.4 Å². The Hall–Kier alpha value is -2.00. The second-order valence-corrected chi connectivity index (χ2v) is 9.47. The zero-order valence-corrected chi connectivity index (χ0v) is 18.2. The second-order valence-electron chi connectivity index (χ2n) is 6.14. The average molecular weight is 484 g/mol. The van der Waals surface area contributed by atoms with Crippen LogP contribution >= 0.6 is 27.5 Å². The monoisotopic (exact) mass is 482 g/mol. The number of halogens is 2. The third kappa shape index (κ3) is 4.20. The Morgan fingerprint density at radius 1 is 1.18 bits per heavy atom. The van der Waals surface area contributed by atoms with Gasteiger partial charge in [-0.05, 0) is 46.3 Å². The van der Waals surface area contributed by atoms with Crippen LogP contribution in [-0.4, -0.2) is 37.8 Å². The van der Waals surface area contributed by atoms with Gasteiger partial charge in [0.2, 0.25) is 10.0 Å². The summed E-state index contributed by atoms with van der Waals surface area (Å²) in [5.74, 6) is -0.660. The number of nitrogens with zero attached hydrogens (tertiary/aromatic N) is 2. The molecule has 0 amide bonds. The van der Waals surface area contributed by atoms with Crippen molar-refractivity contribution in [2.45, 2.75) is 11.5 Å². The first-order valence-electron chi connectivity index (χ1n) is 8.13. The van der Waals surface area contributed by atoms with Crippen LogP contribution in [0.4, 0.5) is 0 Å². The molecular formula is C19H16BrClN2O4S. The molecule has 1 heterocycles. The van der Waals surface area contributed by atoms with Gasteiger partial charge in [-0.25, -0.2) is 22.5 Å². The number of fused-ring (bicyclic) bond motifs is 1. The number of ether oxygens (including phenoxy) is 1. The topological polar surface area (TPSA) is 76.6 Å². The summed E-state index contributed by atoms with van der Waals surface area (Å²) < 4.78 is 31.5. The lowest BCUT2D eigenvalue weighted by Crippen LogP contribution is -2.23. The molecule has 9 heteroatoms. The van der Waals surface area contributed by atoms with Crippen molar-refractivity contribution < 1.29 is 17.9 Å². The van der Waals surface area contributed by atoms with E-state index in [9.17, 15) is 13.2 Å². The Balaban J connectivity index is 1.84. The fraction of sp³-hybridized carbons (Fsp3) is 0.158. The van der Waals surface area contributed by atoms with E-state index in [2.05, 4.69) is 20.9 Å². The molecular weight excluding hydrogens is 468 g/mol. The number of para-hydroxylation sites is 1. The molecule has 146 valence electrons. The van der Waals surface area contributed by atoms with Crippen LogP contribution in [0.3, 0.4) is 0 Å². The Morgan fingerprint density at radius 3 is 2.61 bits per heavy atom. The number of aromatic nitrogens is 1. The van der Waals surface area contributed by atoms with Gasteiger partial charge in [0.25, 0.3) is 0 Å². The lowest BCUT2D eigenvalue weighted by molar-refractivity contribution is 0.0472. The lowest BCUT2D eigenvalue weighted by atomic mass is 10.1. The van der Waals surface area contributed by atoms with Crippen molar-refractivity contribution in [2.24, 2.45) is 0 Å². The third-order valence-electron chi connectivity index (χ3n) is 4.03. The van der Waals surface area contributed by atoms with Gasteiger partial charge in [0.1, 0.15) is 11.8 Å². The van der Waals surface area contributed by atoms with Gasteiger partial charge in [-0.2, -0.15) is 0 Å². The van der Waals surface area contributed by atoms with Crippen LogP contribution < -0.4 is 0 Å². The van der Waals surface area contributed by atoms with Crippen molar-refractivity contribution in [2.75, 3.05) is 14.1 Å². The minimum Gasteiger partial charge on any atom is -0.457 e. The van der Waals surface area contributed by atoms with Crippen LogP contribution in [0.2, 0.25) is 5.15 Å². The first kappa shape index (κ1) is 20.7. The van der Waals surface area contributed by atoms with Crippen molar-refractivity contribution in [3.8, 4) is 0 Å². The zero-order chi connectivity index (χ0) is 20.5. The molecule has 0 radical (unpaired) electrons. The summed E-state index contributed by atoms with van der Waals surface area (Å²) in [6.07, 6.45) is 0. The zero-order valence-electron chi connectivity index (χ0n) is 15.0. The van der Waals surface area contributed by atoms with E-state index in [4.69, 9.17) is 16.3 Å². The van der Waals surface area contributed by atoms with E-state index >= 15 is 0 Å². The molecule has 0 saturated carbocycles. The number of carbonyl (C=O) groups is 1. The summed E-state index contributed by atoms with van der Waals surface area (Å²) in [6.45, 7) is -0.0820. The lowest BCUT2D eigenvalue weighted by Gasteiger charge is -2.14. The molecule has 0 fully saturated rings. The highest BCUT2D eigenvalue weighted by Crippen LogP contribution is 2.26. The maximum absolute atomic E-state index is 12.4. The minimum atomic E-state index is -3.71. The number of carbonyl (C=O) groups excluding carboxylic acids is 1. The Bertz CT molecular complexity index is 1170. The molecule has 0 aliphatic heterocycles. The van der Waals surface area contributed by atoms with Crippen molar-refractivity contribution in [1.82, 2.24) is 9.29 Å². The van der Waals surface area contributed by atoms with Gasteiger partial charge >= 0.3 is 5.97 Å². The van der Waals surface area contributed by atoms with E-state index in [-0.39, 0.29) is 22.2 Å². The molecule has 0 aliphatic rings. The molecule has 0 spiro atoms. The first-order chi connectivity index (χ1) is 13.2. The van der Waals surface area contributed by atoms with Crippen molar-refractivity contribution in [3.63, 3.8) is 0 Å². The number of hydrogen-bond acceptors (Lipinski definition) is 5. The summed E-state index contributed by atoms with van der Waals surface area (Å²) in [4.78, 5) is 16.7. The Kier molecular flexibility index (Phi) is 6.04. The highest BCUT2D eigenvalue weighted by Gasteiger charge is 2.22. The number of pyridine rings is 1. The molecule has 0 bridgehead atoms. The van der Waals surface area contributed by atoms with Gasteiger partial charge < -0.3 is 4.74 Å². The molecule has 3 rings (SSSR count). The highest BCUT2D eigenvalue weighted by atomic mass is 79.9. The van der Waals surface area contributed by atoms with Gasteiger partial charge in [-0.1, -0.05) is 29.8 Å². The van der Waals surface area contributed by atoms with Gasteiger partial charge in [-0.15, -0.1) is 0 Å². The van der Waals surface area contributed by atoms with Crippen molar-refractivity contribution in [1.29, 1.82) is 0 Å². The molecule has 0 atom stereocenters. The van der Waals surface area contributed by atoms with E-state index in [0.717, 1.165) is 15.2 Å². The normalized spacial score (nSPS) is 11.8. The van der Waals surface area contributed by atoms with Gasteiger partial charge in [0.15, 0.2) is 0 Å². The maximum Gasteiger partial charge on any atom is 0.338 e. The van der Waals surface area contributed by atoms with Crippen LogP contribution in [0.25, 0.3) is 10.9 Å². The van der Waals surface area contributed by atoms with Crippen LogP contribution in [0.15, 0.2) is 57.9 Å². The van der Waals surface area contributed by atoms with E-state index < -0.39 is 16.0 Å². The molecule has 0 aliphatic carbocycles. The van der Waals surface area contributed by atoms with E-state index in [1.807, 2.05) is 30.3 Å². The summed E-state index contributed by atoms with van der Waals surface area (Å²) in [6, 6.07) is 13.5. The number of hydrogen-bond donors (Lipinski definition) is 0. The molecule has 2 aromatic carbocycles. The molecule has 3 aromatic rings. The number of sulfonamides is 1. The first-order valence-corrected chi connectivity index (χ1v) is 10.7. The van der Waals surface area contributed by atoms with Crippen LogP contribution in [0, 0.1) is 0 Å². The maximum atomic E-state index is 12.4. The largest absolute Gasteiger partial charge is 0.457 e. The minimum absolute atomic E-state index is 0.0163. The fourth-order valence-electron chi connectivity index (χ4n) is 2.49. The highest BCUT2D eigenvalue weighted by molar-refractivity contribution is 9.10. The quantitative estimate of drug-likeness (QED) is 0.400. The molecule has 6 nitrogen and oxygen atoms in total. The smallest absolute Gasteiger partial charge is 0.338 e. The molecule has 0 saturated heterocycles. The summed E-state index contributed by atoms with van der Waals surface area (Å²) >= 11 is 9.39. The van der Waals surface area contributed by atoms with Crippen LogP contribution in [0.5, 0.6) is 0 Å². The predicted molar refractivity (Wildman–Crippen MR) is 111 cm³/mol. The van der Waals surface area contributed by atoms with E-state index in [1.165, 1.54) is 32.3 Å². The number of benzene rings is 2. The molecule has 0 unspecified atom stereocenters. The van der Waals surface area contributed by atoms with Crippen molar-refractivity contribution in [3.05, 3.63) is 69.3 Å². The Morgan fingerprint density at radius 2 is 1.89 bits per heavy atom. The summed E-state index contributed by atoms with van der Waals surface area (Å²) in [5.41, 5.74) is 1.43. The third-order valence-corrected chi connectivity index (χ3v) is 7.17. The molecule has 28 heavy (non-hydrogen) atoms. The van der Waals surface area contributed by atoms with Gasteiger partial charge in [-0.3, -0.25) is 0 Å². The van der Waals surface area contributed by atoms with Crippen molar-refractivity contribution >= 4 is 54.4 Å². The summed E-state index contributed by atoms with van der Waals surface area (Å²) in [5, 5.41) is 1.12. The number of rotatable bonds is 5. The SMILES string of the molecule is CN(C)S(=O)(=O)c1cc(C(=O)OCc2cc3ccccc3nc2Cl)ccc1Br. The molecule has 1 aromatic heterocycles. The standard InChI is InChI=1S/C19H16BrClN2O4S/c1-23(2)28(25,26)17-10-13(7-8-15(17)20)19(24)27-11-14-9-12-5-3-4-6-16(12)22-18(14)21/h3-10H,11H2,1-2H3. The van der Waals surface area contributed by atoms with E-state index in [1.54, 1.807) is 0 Å². The second kappa shape index (κ2) is 8.16. The van der Waals surface area contributed by atoms with Gasteiger partial charge in [0.05, 0.1) is 16.0 Å². The fourth-order valence-corrected chi connectivity index (χ4v) is 4.53. The summed E-state index contributed by atoms with van der Waals surface area (Å²) in [7, 11) is -0.878. The number of esters is 1. The Labute approximate surface area is 176 Å². The van der Waals surface area contributed by atoms with Crippen LogP contribution in [0.1, 0.15) is 15.9 Å². The van der Waals surface area contributed by atoms with Gasteiger partial charge in [0, 0.05) is 29.5 Å². The predicted octanol–water partition coefficient (Wildman–Crippen LogP) is 4.26.